The molecule has 1 amide bonds. The van der Waals surface area contributed by atoms with Crippen molar-refractivity contribution in [2.24, 2.45) is 11.7 Å². The first-order valence-electron chi connectivity index (χ1n) is 6.97. The third-order valence-electron chi connectivity index (χ3n) is 3.56. The van der Waals surface area contributed by atoms with Crippen molar-refractivity contribution in [2.75, 3.05) is 19.7 Å². The molecule has 2 N–H and O–H groups in total. The van der Waals surface area contributed by atoms with Gasteiger partial charge in [-0.15, -0.1) is 0 Å². The molecule has 0 aromatic heterocycles. The van der Waals surface area contributed by atoms with E-state index in [9.17, 15) is 13.2 Å². The van der Waals surface area contributed by atoms with E-state index in [1.807, 2.05) is 6.92 Å². The van der Waals surface area contributed by atoms with E-state index in [-0.39, 0.29) is 11.4 Å². The molecule has 2 rings (SSSR count). The molecule has 1 atom stereocenters. The molecule has 1 aromatic rings. The average Bonchev–Trinajstić information content (AvgIpc) is 2.48. The van der Waals surface area contributed by atoms with Crippen molar-refractivity contribution >= 4 is 15.9 Å². The maximum Gasteiger partial charge on any atom is 0.243 e. The van der Waals surface area contributed by atoms with Crippen molar-refractivity contribution < 1.29 is 17.9 Å². The summed E-state index contributed by atoms with van der Waals surface area (Å²) in [6.07, 6.45) is 1.29. The van der Waals surface area contributed by atoms with Crippen LogP contribution in [0.3, 0.4) is 0 Å². The predicted molar refractivity (Wildman–Crippen MR) is 78.3 cm³/mol. The Morgan fingerprint density at radius 1 is 1.38 bits per heavy atom. The predicted octanol–water partition coefficient (Wildman–Crippen LogP) is 0.971. The van der Waals surface area contributed by atoms with Gasteiger partial charge in [0.1, 0.15) is 5.75 Å². The second-order valence-corrected chi connectivity index (χ2v) is 6.95. The van der Waals surface area contributed by atoms with Gasteiger partial charge in [0.15, 0.2) is 0 Å². The lowest BCUT2D eigenvalue weighted by molar-refractivity contribution is -0.122. The van der Waals surface area contributed by atoms with Crippen molar-refractivity contribution in [3.63, 3.8) is 0 Å². The van der Waals surface area contributed by atoms with Crippen LogP contribution in [0.2, 0.25) is 0 Å². The van der Waals surface area contributed by atoms with Crippen molar-refractivity contribution in [3.8, 4) is 5.75 Å². The number of nitrogens with zero attached hydrogens (tertiary/aromatic N) is 1. The molecular weight excluding hydrogens is 292 g/mol. The second-order valence-electron chi connectivity index (χ2n) is 5.01. The summed E-state index contributed by atoms with van der Waals surface area (Å²) in [5.41, 5.74) is 5.29. The average molecular weight is 312 g/mol. The molecule has 7 heteroatoms. The zero-order valence-corrected chi connectivity index (χ0v) is 12.8. The van der Waals surface area contributed by atoms with Crippen molar-refractivity contribution in [2.45, 2.75) is 24.7 Å². The lowest BCUT2D eigenvalue weighted by Crippen LogP contribution is -2.43. The Hall–Kier alpha value is -1.60. The number of piperidine rings is 1. The van der Waals surface area contributed by atoms with Crippen LogP contribution in [0, 0.1) is 5.92 Å². The maximum atomic E-state index is 12.6. The highest BCUT2D eigenvalue weighted by molar-refractivity contribution is 7.89. The molecular formula is C14H20N2O4S. The SMILES string of the molecule is CCOc1ccc(S(=O)(=O)N2CCC[C@H](C(N)=O)C2)cc1. The number of ether oxygens (including phenoxy) is 1. The first-order chi connectivity index (χ1) is 9.95. The van der Waals surface area contributed by atoms with Gasteiger partial charge in [-0.05, 0) is 44.0 Å². The number of benzene rings is 1. The zero-order chi connectivity index (χ0) is 15.5. The molecule has 0 unspecified atom stereocenters. The van der Waals surface area contributed by atoms with E-state index in [1.54, 1.807) is 12.1 Å². The summed E-state index contributed by atoms with van der Waals surface area (Å²) in [7, 11) is -3.59. The summed E-state index contributed by atoms with van der Waals surface area (Å²) in [6.45, 7) is 2.96. The van der Waals surface area contributed by atoms with E-state index < -0.39 is 21.8 Å². The Balaban J connectivity index is 2.18. The first kappa shape index (κ1) is 15.8. The van der Waals surface area contributed by atoms with Gasteiger partial charge >= 0.3 is 0 Å². The Labute approximate surface area is 124 Å². The molecule has 1 saturated heterocycles. The number of sulfonamides is 1. The minimum absolute atomic E-state index is 0.158. The summed E-state index contributed by atoms with van der Waals surface area (Å²) in [5, 5.41) is 0. The molecule has 1 aliphatic rings. The lowest BCUT2D eigenvalue weighted by atomic mass is 9.99. The molecule has 116 valence electrons. The quantitative estimate of drug-likeness (QED) is 0.877. The van der Waals surface area contributed by atoms with Crippen LogP contribution < -0.4 is 10.5 Å². The Kier molecular flexibility index (Phi) is 4.84. The van der Waals surface area contributed by atoms with Gasteiger partial charge in [0.05, 0.1) is 17.4 Å². The van der Waals surface area contributed by atoms with Gasteiger partial charge in [0.25, 0.3) is 0 Å². The van der Waals surface area contributed by atoms with Crippen LogP contribution in [-0.4, -0.2) is 38.3 Å². The number of hydrogen-bond acceptors (Lipinski definition) is 4. The fraction of sp³-hybridized carbons (Fsp3) is 0.500. The summed E-state index contributed by atoms with van der Waals surface area (Å²) in [6, 6.07) is 6.31. The summed E-state index contributed by atoms with van der Waals surface area (Å²) in [5.74, 6) is -0.220. The largest absolute Gasteiger partial charge is 0.494 e. The Bertz CT molecular complexity index is 598. The van der Waals surface area contributed by atoms with Gasteiger partial charge in [-0.25, -0.2) is 8.42 Å². The summed E-state index contributed by atoms with van der Waals surface area (Å²) < 4.78 is 31.7. The molecule has 6 nitrogen and oxygen atoms in total. The minimum atomic E-state index is -3.59. The van der Waals surface area contributed by atoms with Gasteiger partial charge in [0, 0.05) is 13.1 Å². The number of amides is 1. The number of carbonyl (C=O) groups is 1. The molecule has 1 aliphatic heterocycles. The molecule has 0 aliphatic carbocycles. The lowest BCUT2D eigenvalue weighted by Gasteiger charge is -2.30. The third-order valence-corrected chi connectivity index (χ3v) is 5.44. The van der Waals surface area contributed by atoms with E-state index in [0.29, 0.717) is 31.7 Å². The summed E-state index contributed by atoms with van der Waals surface area (Å²) >= 11 is 0. The van der Waals surface area contributed by atoms with E-state index in [0.717, 1.165) is 0 Å². The fourth-order valence-corrected chi connectivity index (χ4v) is 3.94. The first-order valence-corrected chi connectivity index (χ1v) is 8.41. The molecule has 0 saturated carbocycles. The van der Waals surface area contributed by atoms with Gasteiger partial charge < -0.3 is 10.5 Å². The molecule has 0 spiro atoms. The number of rotatable bonds is 5. The topological polar surface area (TPSA) is 89.7 Å². The number of hydrogen-bond donors (Lipinski definition) is 1. The standard InChI is InChI=1S/C14H20N2O4S/c1-2-20-12-5-7-13(8-6-12)21(18,19)16-9-3-4-11(10-16)14(15)17/h5-8,11H,2-4,9-10H2,1H3,(H2,15,17)/t11-/m0/s1. The number of nitrogens with two attached hydrogens (primary N) is 1. The van der Waals surface area contributed by atoms with Crippen molar-refractivity contribution in [1.82, 2.24) is 4.31 Å². The van der Waals surface area contributed by atoms with Crippen molar-refractivity contribution in [3.05, 3.63) is 24.3 Å². The van der Waals surface area contributed by atoms with Crippen molar-refractivity contribution in [1.29, 1.82) is 0 Å². The van der Waals surface area contributed by atoms with Crippen LogP contribution in [0.1, 0.15) is 19.8 Å². The van der Waals surface area contributed by atoms with Crippen LogP contribution in [-0.2, 0) is 14.8 Å². The van der Waals surface area contributed by atoms with Crippen LogP contribution in [0.4, 0.5) is 0 Å². The molecule has 1 heterocycles. The van der Waals surface area contributed by atoms with E-state index in [4.69, 9.17) is 10.5 Å². The highest BCUT2D eigenvalue weighted by Gasteiger charge is 2.32. The van der Waals surface area contributed by atoms with E-state index in [1.165, 1.54) is 16.4 Å². The molecule has 1 fully saturated rings. The molecule has 1 aromatic carbocycles. The minimum Gasteiger partial charge on any atom is -0.494 e. The number of primary amides is 1. The second kappa shape index (κ2) is 6.44. The third kappa shape index (κ3) is 3.54. The molecule has 21 heavy (non-hydrogen) atoms. The molecule has 0 bridgehead atoms. The van der Waals surface area contributed by atoms with Gasteiger partial charge in [-0.3, -0.25) is 4.79 Å². The van der Waals surface area contributed by atoms with Crippen LogP contribution in [0.25, 0.3) is 0 Å². The fourth-order valence-electron chi connectivity index (χ4n) is 2.42. The van der Waals surface area contributed by atoms with Crippen LogP contribution >= 0.6 is 0 Å². The highest BCUT2D eigenvalue weighted by atomic mass is 32.2. The molecule has 0 radical (unpaired) electrons. The summed E-state index contributed by atoms with van der Waals surface area (Å²) in [4.78, 5) is 11.5. The highest BCUT2D eigenvalue weighted by Crippen LogP contribution is 2.25. The zero-order valence-electron chi connectivity index (χ0n) is 12.0. The van der Waals surface area contributed by atoms with Gasteiger partial charge in [0.2, 0.25) is 15.9 Å². The van der Waals surface area contributed by atoms with Gasteiger partial charge in [-0.1, -0.05) is 0 Å². The van der Waals surface area contributed by atoms with E-state index >= 15 is 0 Å². The smallest absolute Gasteiger partial charge is 0.243 e. The van der Waals surface area contributed by atoms with E-state index in [2.05, 4.69) is 0 Å². The monoisotopic (exact) mass is 312 g/mol. The number of carbonyl (C=O) groups excluding carboxylic acids is 1. The van der Waals surface area contributed by atoms with Gasteiger partial charge in [-0.2, -0.15) is 4.31 Å². The Morgan fingerprint density at radius 3 is 2.62 bits per heavy atom. The van der Waals surface area contributed by atoms with Crippen LogP contribution in [0.15, 0.2) is 29.2 Å². The maximum absolute atomic E-state index is 12.6. The van der Waals surface area contributed by atoms with Crippen LogP contribution in [0.5, 0.6) is 5.75 Å². The Morgan fingerprint density at radius 2 is 2.05 bits per heavy atom. The normalized spacial score (nSPS) is 20.1.